The molecule has 1 fully saturated rings. The van der Waals surface area contributed by atoms with Crippen molar-refractivity contribution in [3.8, 4) is 11.3 Å². The number of hydrogen-bond acceptors (Lipinski definition) is 4. The molecule has 0 aliphatic carbocycles. The van der Waals surface area contributed by atoms with Gasteiger partial charge in [-0.2, -0.15) is 5.10 Å². The highest BCUT2D eigenvalue weighted by Crippen LogP contribution is 2.29. The summed E-state index contributed by atoms with van der Waals surface area (Å²) in [5.74, 6) is 0.409. The van der Waals surface area contributed by atoms with E-state index in [2.05, 4.69) is 12.0 Å². The van der Waals surface area contributed by atoms with Crippen molar-refractivity contribution >= 4 is 16.9 Å². The third-order valence-corrected chi connectivity index (χ3v) is 5.46. The Balaban J connectivity index is 1.84. The molecule has 4 rings (SSSR count). The van der Waals surface area contributed by atoms with Crippen LogP contribution in [0.1, 0.15) is 30.6 Å². The summed E-state index contributed by atoms with van der Waals surface area (Å²) in [5, 5.41) is 5.24. The van der Waals surface area contributed by atoms with E-state index in [1.807, 2.05) is 52.9 Å². The predicted molar refractivity (Wildman–Crippen MR) is 106 cm³/mol. The van der Waals surface area contributed by atoms with Crippen LogP contribution in [0.2, 0.25) is 0 Å². The summed E-state index contributed by atoms with van der Waals surface area (Å²) in [7, 11) is 0. The second-order valence-corrected chi connectivity index (χ2v) is 7.26. The SMILES string of the molecule is CCn1ncc2c(C(=O)N3CC(CN)CC3C)cc(-c3ccccc3)nc21. The van der Waals surface area contributed by atoms with E-state index in [-0.39, 0.29) is 11.9 Å². The van der Waals surface area contributed by atoms with E-state index in [0.29, 0.717) is 31.1 Å². The molecule has 2 atom stereocenters. The molecule has 140 valence electrons. The van der Waals surface area contributed by atoms with E-state index >= 15 is 0 Å². The molecule has 1 aliphatic heterocycles. The van der Waals surface area contributed by atoms with Crippen LogP contribution in [0.25, 0.3) is 22.3 Å². The number of rotatable bonds is 4. The number of aryl methyl sites for hydroxylation is 1. The summed E-state index contributed by atoms with van der Waals surface area (Å²) in [6.07, 6.45) is 2.71. The molecule has 1 aliphatic rings. The number of nitrogens with zero attached hydrogens (tertiary/aromatic N) is 4. The van der Waals surface area contributed by atoms with Crippen LogP contribution in [-0.2, 0) is 6.54 Å². The van der Waals surface area contributed by atoms with E-state index in [1.165, 1.54) is 0 Å². The first-order chi connectivity index (χ1) is 13.1. The zero-order chi connectivity index (χ0) is 19.0. The molecule has 0 spiro atoms. The number of likely N-dealkylation sites (tertiary alicyclic amines) is 1. The number of hydrogen-bond donors (Lipinski definition) is 1. The number of amides is 1. The molecule has 2 aromatic heterocycles. The maximum atomic E-state index is 13.4. The summed E-state index contributed by atoms with van der Waals surface area (Å²) in [6, 6.07) is 12.1. The van der Waals surface area contributed by atoms with Gasteiger partial charge < -0.3 is 10.6 Å². The van der Waals surface area contributed by atoms with Gasteiger partial charge in [0.05, 0.1) is 22.8 Å². The predicted octanol–water partition coefficient (Wildman–Crippen LogP) is 2.93. The number of benzene rings is 1. The molecule has 6 heteroatoms. The summed E-state index contributed by atoms with van der Waals surface area (Å²) < 4.78 is 1.84. The molecule has 2 unspecified atom stereocenters. The number of aromatic nitrogens is 3. The molecule has 1 aromatic carbocycles. The van der Waals surface area contributed by atoms with Crippen LogP contribution < -0.4 is 5.73 Å². The highest BCUT2D eigenvalue weighted by molar-refractivity contribution is 6.06. The number of carbonyl (C=O) groups is 1. The molecule has 1 saturated heterocycles. The van der Waals surface area contributed by atoms with Crippen LogP contribution in [-0.4, -0.2) is 44.7 Å². The first-order valence-electron chi connectivity index (χ1n) is 9.55. The molecular weight excluding hydrogens is 338 g/mol. The largest absolute Gasteiger partial charge is 0.336 e. The second kappa shape index (κ2) is 7.12. The Morgan fingerprint density at radius 2 is 2.07 bits per heavy atom. The van der Waals surface area contributed by atoms with Gasteiger partial charge in [0.2, 0.25) is 0 Å². The molecule has 1 amide bonds. The smallest absolute Gasteiger partial charge is 0.254 e. The van der Waals surface area contributed by atoms with Gasteiger partial charge in [-0.15, -0.1) is 0 Å². The van der Waals surface area contributed by atoms with Crippen LogP contribution in [0.5, 0.6) is 0 Å². The summed E-state index contributed by atoms with van der Waals surface area (Å²) in [5.41, 5.74) is 9.06. The van der Waals surface area contributed by atoms with Crippen molar-refractivity contribution in [2.75, 3.05) is 13.1 Å². The summed E-state index contributed by atoms with van der Waals surface area (Å²) in [4.78, 5) is 20.2. The van der Waals surface area contributed by atoms with Gasteiger partial charge in [0, 0.05) is 24.7 Å². The van der Waals surface area contributed by atoms with E-state index in [1.54, 1.807) is 6.20 Å². The van der Waals surface area contributed by atoms with Crippen LogP contribution in [0.15, 0.2) is 42.6 Å². The number of fused-ring (bicyclic) bond motifs is 1. The number of pyridine rings is 1. The lowest BCUT2D eigenvalue weighted by Crippen LogP contribution is -2.34. The summed E-state index contributed by atoms with van der Waals surface area (Å²) >= 11 is 0. The Kier molecular flexibility index (Phi) is 4.66. The maximum Gasteiger partial charge on any atom is 0.254 e. The average Bonchev–Trinajstić information content (AvgIpc) is 3.30. The first-order valence-corrected chi connectivity index (χ1v) is 9.55. The molecule has 3 aromatic rings. The zero-order valence-electron chi connectivity index (χ0n) is 15.8. The van der Waals surface area contributed by atoms with E-state index < -0.39 is 0 Å². The monoisotopic (exact) mass is 363 g/mol. The topological polar surface area (TPSA) is 77.0 Å². The van der Waals surface area contributed by atoms with Crippen molar-refractivity contribution in [1.82, 2.24) is 19.7 Å². The first kappa shape index (κ1) is 17.7. The third kappa shape index (κ3) is 3.10. The normalized spacial score (nSPS) is 19.7. The molecule has 2 N–H and O–H groups in total. The Labute approximate surface area is 159 Å². The van der Waals surface area contributed by atoms with Crippen molar-refractivity contribution in [2.24, 2.45) is 11.7 Å². The number of carbonyl (C=O) groups excluding carboxylic acids is 1. The molecule has 0 bridgehead atoms. The quantitative estimate of drug-likeness (QED) is 0.773. The average molecular weight is 363 g/mol. The highest BCUT2D eigenvalue weighted by atomic mass is 16.2. The van der Waals surface area contributed by atoms with Gasteiger partial charge >= 0.3 is 0 Å². The lowest BCUT2D eigenvalue weighted by molar-refractivity contribution is 0.0745. The van der Waals surface area contributed by atoms with Crippen molar-refractivity contribution in [2.45, 2.75) is 32.9 Å². The Bertz CT molecular complexity index is 965. The molecule has 6 nitrogen and oxygen atoms in total. The van der Waals surface area contributed by atoms with E-state index in [0.717, 1.165) is 28.7 Å². The van der Waals surface area contributed by atoms with Crippen LogP contribution in [0, 0.1) is 5.92 Å². The fourth-order valence-electron chi connectivity index (χ4n) is 3.96. The van der Waals surface area contributed by atoms with Gasteiger partial charge in [-0.1, -0.05) is 30.3 Å². The van der Waals surface area contributed by atoms with Gasteiger partial charge in [0.1, 0.15) is 0 Å². The molecule has 27 heavy (non-hydrogen) atoms. The highest BCUT2D eigenvalue weighted by Gasteiger charge is 2.33. The molecular formula is C21H25N5O. The standard InChI is InChI=1S/C21H25N5O/c1-3-26-20-18(12-23-26)17(10-19(24-20)16-7-5-4-6-8-16)21(27)25-13-15(11-22)9-14(25)2/h4-8,10,12,14-15H,3,9,11,13,22H2,1-2H3. The van der Waals surface area contributed by atoms with Crippen molar-refractivity contribution in [1.29, 1.82) is 0 Å². The van der Waals surface area contributed by atoms with Crippen molar-refractivity contribution in [3.05, 3.63) is 48.2 Å². The summed E-state index contributed by atoms with van der Waals surface area (Å²) in [6.45, 7) is 6.16. The Morgan fingerprint density at radius 3 is 2.74 bits per heavy atom. The fourth-order valence-corrected chi connectivity index (χ4v) is 3.96. The Hall–Kier alpha value is -2.73. The van der Waals surface area contributed by atoms with Gasteiger partial charge in [-0.25, -0.2) is 9.67 Å². The second-order valence-electron chi connectivity index (χ2n) is 7.26. The van der Waals surface area contributed by atoms with Crippen LogP contribution in [0.3, 0.4) is 0 Å². The van der Waals surface area contributed by atoms with Crippen LogP contribution in [0.4, 0.5) is 0 Å². The zero-order valence-corrected chi connectivity index (χ0v) is 15.8. The maximum absolute atomic E-state index is 13.4. The van der Waals surface area contributed by atoms with Gasteiger partial charge in [0.15, 0.2) is 5.65 Å². The van der Waals surface area contributed by atoms with Crippen molar-refractivity contribution in [3.63, 3.8) is 0 Å². The molecule has 3 heterocycles. The lowest BCUT2D eigenvalue weighted by Gasteiger charge is -2.22. The minimum absolute atomic E-state index is 0.0404. The fraction of sp³-hybridized carbons (Fsp3) is 0.381. The minimum atomic E-state index is 0.0404. The number of nitrogens with two attached hydrogens (primary N) is 1. The third-order valence-electron chi connectivity index (χ3n) is 5.46. The van der Waals surface area contributed by atoms with Crippen molar-refractivity contribution < 1.29 is 4.79 Å². The lowest BCUT2D eigenvalue weighted by atomic mass is 10.1. The minimum Gasteiger partial charge on any atom is -0.336 e. The van der Waals surface area contributed by atoms with Gasteiger partial charge in [0.25, 0.3) is 5.91 Å². The van der Waals surface area contributed by atoms with E-state index in [4.69, 9.17) is 10.7 Å². The molecule has 0 radical (unpaired) electrons. The Morgan fingerprint density at radius 1 is 1.30 bits per heavy atom. The van der Waals surface area contributed by atoms with Gasteiger partial charge in [-0.3, -0.25) is 4.79 Å². The van der Waals surface area contributed by atoms with Crippen LogP contribution >= 0.6 is 0 Å². The molecule has 0 saturated carbocycles. The van der Waals surface area contributed by atoms with E-state index in [9.17, 15) is 4.79 Å². The van der Waals surface area contributed by atoms with Gasteiger partial charge in [-0.05, 0) is 38.8 Å².